The Morgan fingerprint density at radius 1 is 0.935 bits per heavy atom. The lowest BCUT2D eigenvalue weighted by Gasteiger charge is -2.15. The Kier molecular flexibility index (Phi) is 6.33. The zero-order valence-electron chi connectivity index (χ0n) is 16.4. The van der Waals surface area contributed by atoms with Crippen LogP contribution in [0.4, 0.5) is 26.3 Å². The lowest BCUT2D eigenvalue weighted by Crippen LogP contribution is -2.12. The molecule has 31 heavy (non-hydrogen) atoms. The zero-order chi connectivity index (χ0) is 22.8. The van der Waals surface area contributed by atoms with Gasteiger partial charge in [-0.25, -0.2) is 4.79 Å². The molecule has 3 nitrogen and oxygen atoms in total. The van der Waals surface area contributed by atoms with Crippen molar-refractivity contribution < 1.29 is 40.6 Å². The number of hydrogen-bond acceptors (Lipinski definition) is 3. The molecule has 0 bridgehead atoms. The smallest absolute Gasteiger partial charge is 0.416 e. The Bertz CT molecular complexity index is 973. The molecule has 0 saturated heterocycles. The van der Waals surface area contributed by atoms with Crippen molar-refractivity contribution in [1.82, 2.24) is 0 Å². The summed E-state index contributed by atoms with van der Waals surface area (Å²) in [5, 5.41) is 0. The molecule has 9 heteroatoms. The van der Waals surface area contributed by atoms with Crippen LogP contribution in [0.3, 0.4) is 0 Å². The first kappa shape index (κ1) is 22.7. The van der Waals surface area contributed by atoms with Gasteiger partial charge in [0.05, 0.1) is 18.2 Å². The monoisotopic (exact) mass is 444 g/mol. The minimum Gasteiger partial charge on any atom is -0.489 e. The largest absolute Gasteiger partial charge is 0.489 e. The summed E-state index contributed by atoms with van der Waals surface area (Å²) in [5.41, 5.74) is -0.934. The van der Waals surface area contributed by atoms with Gasteiger partial charge >= 0.3 is 18.3 Å². The highest BCUT2D eigenvalue weighted by Gasteiger charge is 2.36. The van der Waals surface area contributed by atoms with Crippen LogP contribution in [0.25, 0.3) is 6.08 Å². The first-order valence-electron chi connectivity index (χ1n) is 9.30. The normalized spacial score (nSPS) is 14.4. The van der Waals surface area contributed by atoms with Gasteiger partial charge in [-0.05, 0) is 72.4 Å². The van der Waals surface area contributed by atoms with Crippen LogP contribution in [0.1, 0.15) is 40.7 Å². The van der Waals surface area contributed by atoms with Gasteiger partial charge in [-0.1, -0.05) is 6.07 Å². The molecule has 1 aliphatic rings. The molecule has 0 radical (unpaired) electrons. The summed E-state index contributed by atoms with van der Waals surface area (Å²) in [5.74, 6) is -0.199. The van der Waals surface area contributed by atoms with Crippen molar-refractivity contribution in [3.05, 3.63) is 69.8 Å². The number of aryl methyl sites for hydroxylation is 1. The fourth-order valence-corrected chi connectivity index (χ4v) is 3.32. The number of fused-ring (bicyclic) bond motifs is 1. The standard InChI is InChI=1S/C22H18F6O3/c1-30-20(29)15-4-2-3-14-5-6-19(10-16(14)9-15)31-12-13-7-17(21(23,24)25)11-18(8-13)22(26,27)28/h5-11H,2-4,12H2,1H3. The van der Waals surface area contributed by atoms with Gasteiger partial charge in [0.1, 0.15) is 12.4 Å². The van der Waals surface area contributed by atoms with E-state index >= 15 is 0 Å². The minimum atomic E-state index is -4.92. The van der Waals surface area contributed by atoms with Gasteiger partial charge in [-0.2, -0.15) is 26.3 Å². The van der Waals surface area contributed by atoms with E-state index in [1.807, 2.05) is 0 Å². The average Bonchev–Trinajstić information content (AvgIpc) is 2.92. The number of esters is 1. The first-order chi connectivity index (χ1) is 14.5. The van der Waals surface area contributed by atoms with Crippen molar-refractivity contribution in [2.75, 3.05) is 7.11 Å². The molecule has 0 fully saturated rings. The average molecular weight is 444 g/mol. The molecule has 0 aliphatic heterocycles. The van der Waals surface area contributed by atoms with Crippen LogP contribution >= 0.6 is 0 Å². The molecule has 3 rings (SSSR count). The Labute approximate surface area is 174 Å². The molecule has 0 N–H and O–H groups in total. The van der Waals surface area contributed by atoms with Crippen molar-refractivity contribution in [3.8, 4) is 5.75 Å². The van der Waals surface area contributed by atoms with Crippen molar-refractivity contribution >= 4 is 12.0 Å². The van der Waals surface area contributed by atoms with Crippen molar-refractivity contribution in [2.24, 2.45) is 0 Å². The third-order valence-electron chi connectivity index (χ3n) is 4.84. The highest BCUT2D eigenvalue weighted by molar-refractivity contribution is 5.94. The first-order valence-corrected chi connectivity index (χ1v) is 9.30. The van der Waals surface area contributed by atoms with Crippen LogP contribution in [0.5, 0.6) is 5.75 Å². The lowest BCUT2D eigenvalue weighted by atomic mass is 10.0. The third-order valence-corrected chi connectivity index (χ3v) is 4.84. The van der Waals surface area contributed by atoms with Crippen LogP contribution < -0.4 is 4.74 Å². The van der Waals surface area contributed by atoms with E-state index < -0.39 is 36.1 Å². The predicted octanol–water partition coefficient (Wildman–Crippen LogP) is 6.20. The van der Waals surface area contributed by atoms with Crippen LogP contribution in [0.15, 0.2) is 42.0 Å². The number of hydrogen-bond donors (Lipinski definition) is 0. The maximum absolute atomic E-state index is 13.0. The van der Waals surface area contributed by atoms with E-state index in [2.05, 4.69) is 0 Å². The maximum atomic E-state index is 13.0. The summed E-state index contributed by atoms with van der Waals surface area (Å²) in [7, 11) is 1.28. The van der Waals surface area contributed by atoms with Crippen LogP contribution in [0, 0.1) is 0 Å². The van der Waals surface area contributed by atoms with Gasteiger partial charge in [0.2, 0.25) is 0 Å². The second-order valence-electron chi connectivity index (χ2n) is 7.08. The van der Waals surface area contributed by atoms with Gasteiger partial charge in [-0.3, -0.25) is 0 Å². The van der Waals surface area contributed by atoms with Gasteiger partial charge in [0.25, 0.3) is 0 Å². The Morgan fingerprint density at radius 3 is 2.16 bits per heavy atom. The van der Waals surface area contributed by atoms with Crippen molar-refractivity contribution in [3.63, 3.8) is 0 Å². The van der Waals surface area contributed by atoms with Gasteiger partial charge in [0.15, 0.2) is 0 Å². The second kappa shape index (κ2) is 8.64. The molecule has 0 saturated carbocycles. The van der Waals surface area contributed by atoms with E-state index in [1.54, 1.807) is 24.3 Å². The second-order valence-corrected chi connectivity index (χ2v) is 7.08. The quantitative estimate of drug-likeness (QED) is 0.416. The maximum Gasteiger partial charge on any atom is 0.416 e. The van der Waals surface area contributed by atoms with Crippen LogP contribution in [0.2, 0.25) is 0 Å². The molecule has 0 amide bonds. The summed E-state index contributed by atoms with van der Waals surface area (Å²) in [6, 6.07) is 6.29. The number of benzene rings is 2. The molecule has 0 atom stereocenters. The number of halogens is 6. The molecule has 1 aliphatic carbocycles. The molecule has 0 heterocycles. The molecule has 2 aromatic rings. The number of rotatable bonds is 4. The number of carbonyl (C=O) groups is 1. The van der Waals surface area contributed by atoms with Gasteiger partial charge in [-0.15, -0.1) is 0 Å². The zero-order valence-corrected chi connectivity index (χ0v) is 16.4. The topological polar surface area (TPSA) is 35.5 Å². The fraction of sp³-hybridized carbons (Fsp3) is 0.318. The number of methoxy groups -OCH3 is 1. The van der Waals surface area contributed by atoms with Gasteiger partial charge < -0.3 is 9.47 Å². The SMILES string of the molecule is COC(=O)C1=Cc2cc(OCc3cc(C(F)(F)F)cc(C(F)(F)F)c3)ccc2CCC1. The number of alkyl halides is 6. The predicted molar refractivity (Wildman–Crippen MR) is 100 cm³/mol. The Balaban J connectivity index is 1.87. The fourth-order valence-electron chi connectivity index (χ4n) is 3.32. The summed E-state index contributed by atoms with van der Waals surface area (Å²) < 4.78 is 88.3. The third kappa shape index (κ3) is 5.59. The lowest BCUT2D eigenvalue weighted by molar-refractivity contribution is -0.143. The Morgan fingerprint density at radius 2 is 1.58 bits per heavy atom. The van der Waals surface area contributed by atoms with E-state index in [0.29, 0.717) is 36.1 Å². The molecular formula is C22H18F6O3. The van der Waals surface area contributed by atoms with Crippen molar-refractivity contribution in [2.45, 2.75) is 38.2 Å². The minimum absolute atomic E-state index is 0.0744. The highest BCUT2D eigenvalue weighted by Crippen LogP contribution is 2.36. The number of carbonyl (C=O) groups excluding carboxylic acids is 1. The van der Waals surface area contributed by atoms with Crippen LogP contribution in [-0.4, -0.2) is 13.1 Å². The number of ether oxygens (including phenoxy) is 2. The summed E-state index contributed by atoms with van der Waals surface area (Å²) in [6.45, 7) is -0.487. The highest BCUT2D eigenvalue weighted by atomic mass is 19.4. The molecule has 166 valence electrons. The Hall–Kier alpha value is -2.97. The van der Waals surface area contributed by atoms with E-state index in [1.165, 1.54) is 7.11 Å². The summed E-state index contributed by atoms with van der Waals surface area (Å²) >= 11 is 0. The molecular weight excluding hydrogens is 426 g/mol. The van der Waals surface area contributed by atoms with E-state index in [-0.39, 0.29) is 17.4 Å². The molecule has 2 aromatic carbocycles. The molecule has 0 aromatic heterocycles. The molecule has 0 spiro atoms. The van der Waals surface area contributed by atoms with Crippen molar-refractivity contribution in [1.29, 1.82) is 0 Å². The van der Waals surface area contributed by atoms with E-state index in [4.69, 9.17) is 9.47 Å². The van der Waals surface area contributed by atoms with E-state index in [9.17, 15) is 31.1 Å². The molecule has 0 unspecified atom stereocenters. The van der Waals surface area contributed by atoms with Crippen LogP contribution in [-0.2, 0) is 34.9 Å². The van der Waals surface area contributed by atoms with E-state index in [0.717, 1.165) is 12.0 Å². The summed E-state index contributed by atoms with van der Waals surface area (Å²) in [6.07, 6.45) is -6.22. The van der Waals surface area contributed by atoms with Gasteiger partial charge in [0, 0.05) is 5.57 Å². The summed E-state index contributed by atoms with van der Waals surface area (Å²) in [4.78, 5) is 11.8.